The van der Waals surface area contributed by atoms with Gasteiger partial charge in [-0.1, -0.05) is 11.3 Å². The molecule has 0 aliphatic heterocycles. The number of carbonyl (C=O) groups is 3. The first-order valence-electron chi connectivity index (χ1n) is 8.55. The topological polar surface area (TPSA) is 156 Å². The molecule has 4 N–H and O–H groups in total. The number of thiazole rings is 1. The smallest absolute Gasteiger partial charge is 0.475 e. The van der Waals surface area contributed by atoms with Gasteiger partial charge in [0.15, 0.2) is 5.13 Å². The summed E-state index contributed by atoms with van der Waals surface area (Å²) in [5.74, 6) is -3.30. The van der Waals surface area contributed by atoms with Gasteiger partial charge in [-0.3, -0.25) is 10.2 Å². The number of hydrogen-bond donors (Lipinski definition) is 3. The van der Waals surface area contributed by atoms with Gasteiger partial charge in [-0.25, -0.2) is 14.6 Å². The van der Waals surface area contributed by atoms with Crippen LogP contribution in [0, 0.1) is 5.41 Å². The molecule has 1 aromatic heterocycles. The van der Waals surface area contributed by atoms with Crippen LogP contribution in [0.4, 0.5) is 18.3 Å². The number of hydrogen-bond acceptors (Lipinski definition) is 9. The van der Waals surface area contributed by atoms with Crippen LogP contribution in [0.15, 0.2) is 30.5 Å². The molecular weight excluding hydrogens is 457 g/mol. The molecule has 174 valence electrons. The number of aromatic nitrogens is 1. The maximum Gasteiger partial charge on any atom is 0.490 e. The van der Waals surface area contributed by atoms with E-state index in [2.05, 4.69) is 9.72 Å². The monoisotopic (exact) mass is 476 g/mol. The molecule has 0 fully saturated rings. The van der Waals surface area contributed by atoms with Crippen LogP contribution in [0.1, 0.15) is 21.7 Å². The lowest BCUT2D eigenvalue weighted by Gasteiger charge is -2.14. The van der Waals surface area contributed by atoms with Gasteiger partial charge in [-0.2, -0.15) is 13.2 Å². The molecule has 0 aliphatic carbocycles. The van der Waals surface area contributed by atoms with Crippen molar-refractivity contribution in [3.8, 4) is 5.75 Å². The lowest BCUT2D eigenvalue weighted by molar-refractivity contribution is -0.192. The second-order valence-corrected chi connectivity index (χ2v) is 6.89. The molecule has 0 saturated heterocycles. The highest BCUT2D eigenvalue weighted by Crippen LogP contribution is 2.23. The van der Waals surface area contributed by atoms with E-state index in [1.807, 2.05) is 0 Å². The standard InChI is InChI=1S/C16H18N4O4S.C2HF3O2/c1-20(8-7-13(21)23-2)16-19-9-12(25-16)15(22)24-11-5-3-10(4-6-11)14(17)18;3-2(4,5)1(6)7/h3-6,9H,7-8H2,1-2H3,(H3,17,18);(H,6,7). The Morgan fingerprint density at radius 2 is 1.81 bits per heavy atom. The number of carbonyl (C=O) groups excluding carboxylic acids is 2. The van der Waals surface area contributed by atoms with Crippen molar-refractivity contribution in [2.24, 2.45) is 5.73 Å². The zero-order valence-electron chi connectivity index (χ0n) is 16.8. The second-order valence-electron chi connectivity index (χ2n) is 5.89. The normalized spacial score (nSPS) is 10.4. The van der Waals surface area contributed by atoms with Gasteiger partial charge in [0, 0.05) is 19.2 Å². The van der Waals surface area contributed by atoms with E-state index in [9.17, 15) is 22.8 Å². The minimum atomic E-state index is -5.08. The fraction of sp³-hybridized carbons (Fsp3) is 0.278. The predicted octanol–water partition coefficient (Wildman–Crippen LogP) is 2.28. The molecule has 0 amide bonds. The molecule has 0 atom stereocenters. The predicted molar refractivity (Wildman–Crippen MR) is 108 cm³/mol. The number of carboxylic acids is 1. The average molecular weight is 476 g/mol. The highest BCUT2D eigenvalue weighted by atomic mass is 32.1. The Balaban J connectivity index is 0.000000633. The van der Waals surface area contributed by atoms with Crippen LogP contribution in [-0.2, 0) is 14.3 Å². The Bertz CT molecular complexity index is 962. The molecule has 32 heavy (non-hydrogen) atoms. The molecule has 1 heterocycles. The third kappa shape index (κ3) is 8.59. The number of alkyl halides is 3. The number of amidine groups is 1. The molecule has 2 rings (SSSR count). The van der Waals surface area contributed by atoms with E-state index in [-0.39, 0.29) is 18.2 Å². The molecule has 0 unspecified atom stereocenters. The quantitative estimate of drug-likeness (QED) is 0.236. The van der Waals surface area contributed by atoms with Crippen molar-refractivity contribution in [1.82, 2.24) is 4.98 Å². The van der Waals surface area contributed by atoms with Gasteiger partial charge < -0.3 is 25.2 Å². The summed E-state index contributed by atoms with van der Waals surface area (Å²) in [4.78, 5) is 38.5. The number of halogens is 3. The van der Waals surface area contributed by atoms with Crippen molar-refractivity contribution < 1.29 is 42.1 Å². The largest absolute Gasteiger partial charge is 0.490 e. The lowest BCUT2D eigenvalue weighted by Crippen LogP contribution is -2.21. The van der Waals surface area contributed by atoms with E-state index in [1.54, 1.807) is 36.2 Å². The summed E-state index contributed by atoms with van der Waals surface area (Å²) in [6.07, 6.45) is -3.42. The SMILES string of the molecule is COC(=O)CCN(C)c1ncc(C(=O)Oc2ccc(C(=N)N)cc2)s1.O=C(O)C(F)(F)F. The molecule has 0 spiro atoms. The van der Waals surface area contributed by atoms with Gasteiger partial charge in [-0.15, -0.1) is 0 Å². The van der Waals surface area contributed by atoms with Gasteiger partial charge in [-0.05, 0) is 24.3 Å². The first-order chi connectivity index (χ1) is 14.8. The van der Waals surface area contributed by atoms with Gasteiger partial charge in [0.25, 0.3) is 0 Å². The van der Waals surface area contributed by atoms with E-state index in [0.717, 1.165) is 0 Å². The van der Waals surface area contributed by atoms with Crippen molar-refractivity contribution in [2.75, 3.05) is 25.6 Å². The number of ether oxygens (including phenoxy) is 2. The molecule has 14 heteroatoms. The van der Waals surface area contributed by atoms with Crippen molar-refractivity contribution in [2.45, 2.75) is 12.6 Å². The van der Waals surface area contributed by atoms with Gasteiger partial charge >= 0.3 is 24.1 Å². The van der Waals surface area contributed by atoms with Gasteiger partial charge in [0.05, 0.1) is 19.7 Å². The first-order valence-corrected chi connectivity index (χ1v) is 9.37. The number of aliphatic carboxylic acids is 1. The van der Waals surface area contributed by atoms with Crippen molar-refractivity contribution >= 4 is 40.2 Å². The summed E-state index contributed by atoms with van der Waals surface area (Å²) >= 11 is 1.17. The number of nitrogens with zero attached hydrogens (tertiary/aromatic N) is 2. The van der Waals surface area contributed by atoms with Crippen LogP contribution in [-0.4, -0.2) is 60.7 Å². The number of esters is 2. The summed E-state index contributed by atoms with van der Waals surface area (Å²) < 4.78 is 41.6. The van der Waals surface area contributed by atoms with Crippen LogP contribution in [0.2, 0.25) is 0 Å². The lowest BCUT2D eigenvalue weighted by atomic mass is 10.2. The fourth-order valence-electron chi connectivity index (χ4n) is 1.85. The highest BCUT2D eigenvalue weighted by molar-refractivity contribution is 7.17. The number of methoxy groups -OCH3 is 1. The molecular formula is C18H19F3N4O6S. The van der Waals surface area contributed by atoms with Crippen LogP contribution in [0.25, 0.3) is 0 Å². The zero-order chi connectivity index (χ0) is 24.5. The Morgan fingerprint density at radius 1 is 1.25 bits per heavy atom. The number of benzene rings is 1. The molecule has 0 aliphatic rings. The van der Waals surface area contributed by atoms with E-state index in [0.29, 0.717) is 27.9 Å². The molecule has 1 aromatic carbocycles. The van der Waals surface area contributed by atoms with Crippen LogP contribution in [0.5, 0.6) is 5.75 Å². The molecule has 0 saturated carbocycles. The fourth-order valence-corrected chi connectivity index (χ4v) is 2.63. The van der Waals surface area contributed by atoms with Gasteiger partial charge in [0.2, 0.25) is 0 Å². The van der Waals surface area contributed by atoms with E-state index < -0.39 is 18.1 Å². The summed E-state index contributed by atoms with van der Waals surface area (Å²) in [6.45, 7) is 0.432. The average Bonchev–Trinajstić information content (AvgIpc) is 3.22. The molecule has 10 nitrogen and oxygen atoms in total. The molecule has 2 aromatic rings. The summed E-state index contributed by atoms with van der Waals surface area (Å²) in [5, 5.41) is 15.1. The van der Waals surface area contributed by atoms with Crippen LogP contribution in [0.3, 0.4) is 0 Å². The number of nitrogens with two attached hydrogens (primary N) is 1. The number of anilines is 1. The summed E-state index contributed by atoms with van der Waals surface area (Å²) in [5.41, 5.74) is 5.92. The molecule has 0 bridgehead atoms. The van der Waals surface area contributed by atoms with E-state index in [4.69, 9.17) is 25.8 Å². The first kappa shape index (κ1) is 26.4. The number of nitrogen functional groups attached to an aromatic ring is 1. The van der Waals surface area contributed by atoms with E-state index >= 15 is 0 Å². The second kappa shape index (κ2) is 11.6. The third-order valence-electron chi connectivity index (χ3n) is 3.52. The maximum atomic E-state index is 12.2. The molecule has 0 radical (unpaired) electrons. The Morgan fingerprint density at radius 3 is 2.28 bits per heavy atom. The Labute approximate surface area is 183 Å². The van der Waals surface area contributed by atoms with Crippen LogP contribution < -0.4 is 15.4 Å². The third-order valence-corrected chi connectivity index (χ3v) is 4.61. The van der Waals surface area contributed by atoms with E-state index in [1.165, 1.54) is 24.6 Å². The van der Waals surface area contributed by atoms with Crippen molar-refractivity contribution in [3.63, 3.8) is 0 Å². The van der Waals surface area contributed by atoms with Gasteiger partial charge in [0.1, 0.15) is 16.5 Å². The summed E-state index contributed by atoms with van der Waals surface area (Å²) in [6, 6.07) is 6.34. The highest BCUT2D eigenvalue weighted by Gasteiger charge is 2.38. The number of nitrogens with one attached hydrogen (secondary N) is 1. The number of rotatable bonds is 7. The van der Waals surface area contributed by atoms with Crippen molar-refractivity contribution in [1.29, 1.82) is 5.41 Å². The summed E-state index contributed by atoms with van der Waals surface area (Å²) in [7, 11) is 3.11. The van der Waals surface area contributed by atoms with Crippen LogP contribution >= 0.6 is 11.3 Å². The zero-order valence-corrected chi connectivity index (χ0v) is 17.6. The maximum absolute atomic E-state index is 12.2. The Hall–Kier alpha value is -3.68. The minimum absolute atomic E-state index is 0.0556. The number of carboxylic acid groups (broad SMARTS) is 1. The Kier molecular flexibility index (Phi) is 9.59. The van der Waals surface area contributed by atoms with Crippen molar-refractivity contribution in [3.05, 3.63) is 40.9 Å². The minimum Gasteiger partial charge on any atom is -0.475 e.